The van der Waals surface area contributed by atoms with E-state index in [0.717, 1.165) is 0 Å². The fourth-order valence-electron chi connectivity index (χ4n) is 2.38. The summed E-state index contributed by atoms with van der Waals surface area (Å²) in [7, 11) is 0. The van der Waals surface area contributed by atoms with E-state index in [9.17, 15) is 23.1 Å². The Morgan fingerprint density at radius 1 is 1.30 bits per heavy atom. The summed E-state index contributed by atoms with van der Waals surface area (Å²) in [6.07, 6.45) is -4.83. The van der Waals surface area contributed by atoms with Crippen molar-refractivity contribution in [2.75, 3.05) is 5.73 Å². The first-order valence-corrected chi connectivity index (χ1v) is 10.4. The molecule has 0 unspecified atom stereocenters. The van der Waals surface area contributed by atoms with Gasteiger partial charge in [0.05, 0.1) is 26.2 Å². The van der Waals surface area contributed by atoms with Crippen LogP contribution in [0.3, 0.4) is 0 Å². The lowest BCUT2D eigenvalue weighted by Gasteiger charge is -2.06. The predicted octanol–water partition coefficient (Wildman–Crippen LogP) is 5.64. The number of halogens is 5. The van der Waals surface area contributed by atoms with Gasteiger partial charge in [-0.2, -0.15) is 18.3 Å². The molecule has 1 amide bonds. The number of thiophene rings is 1. The van der Waals surface area contributed by atoms with Crippen LogP contribution in [-0.2, 0) is 6.18 Å². The number of carbonyl (C=O) groups is 1. The largest absolute Gasteiger partial charge is 0.506 e. The van der Waals surface area contributed by atoms with E-state index >= 15 is 0 Å². The lowest BCUT2D eigenvalue weighted by molar-refractivity contribution is -0.141. The number of aromatic nitrogens is 1. The van der Waals surface area contributed by atoms with Gasteiger partial charge in [0, 0.05) is 5.38 Å². The SMILES string of the molecule is C/C(=N\NC(=O)c1sc(N)nc1C(F)(F)F)c1csc(-c2ccc(Cl)c(Cl)c2)c1O. The zero-order chi connectivity index (χ0) is 22.2. The second kappa shape index (κ2) is 8.42. The monoisotopic (exact) mass is 494 g/mol. The summed E-state index contributed by atoms with van der Waals surface area (Å²) >= 11 is 13.5. The molecule has 0 fully saturated rings. The highest BCUT2D eigenvalue weighted by Crippen LogP contribution is 2.40. The number of thiazole rings is 1. The van der Waals surface area contributed by atoms with Crippen LogP contribution < -0.4 is 11.2 Å². The first-order valence-electron chi connectivity index (χ1n) is 7.93. The molecule has 3 aromatic rings. The van der Waals surface area contributed by atoms with Crippen LogP contribution in [0.1, 0.15) is 27.9 Å². The van der Waals surface area contributed by atoms with Crippen LogP contribution in [0.2, 0.25) is 10.0 Å². The van der Waals surface area contributed by atoms with Crippen LogP contribution in [0.4, 0.5) is 18.3 Å². The van der Waals surface area contributed by atoms with E-state index in [1.165, 1.54) is 18.3 Å². The highest BCUT2D eigenvalue weighted by Gasteiger charge is 2.39. The molecule has 0 aliphatic carbocycles. The topological polar surface area (TPSA) is 101 Å². The van der Waals surface area contributed by atoms with Crippen molar-refractivity contribution in [1.82, 2.24) is 10.4 Å². The van der Waals surface area contributed by atoms with E-state index < -0.39 is 27.8 Å². The highest BCUT2D eigenvalue weighted by atomic mass is 35.5. The fourth-order valence-corrected chi connectivity index (χ4v) is 4.42. The van der Waals surface area contributed by atoms with Crippen molar-refractivity contribution in [3.05, 3.63) is 49.8 Å². The number of amides is 1. The number of benzene rings is 1. The minimum atomic E-state index is -4.83. The second-order valence-electron chi connectivity index (χ2n) is 5.82. The van der Waals surface area contributed by atoms with Crippen LogP contribution in [-0.4, -0.2) is 21.7 Å². The van der Waals surface area contributed by atoms with Crippen LogP contribution in [0.25, 0.3) is 10.4 Å². The predicted molar refractivity (Wildman–Crippen MR) is 113 cm³/mol. The highest BCUT2D eigenvalue weighted by molar-refractivity contribution is 7.17. The Morgan fingerprint density at radius 3 is 2.63 bits per heavy atom. The van der Waals surface area contributed by atoms with Gasteiger partial charge in [0.25, 0.3) is 5.91 Å². The molecular weight excluding hydrogens is 484 g/mol. The van der Waals surface area contributed by atoms with Gasteiger partial charge in [0.2, 0.25) is 0 Å². The Kier molecular flexibility index (Phi) is 6.27. The third kappa shape index (κ3) is 4.53. The summed E-state index contributed by atoms with van der Waals surface area (Å²) in [5, 5.41) is 16.2. The molecule has 2 aromatic heterocycles. The average Bonchev–Trinajstić information content (AvgIpc) is 3.24. The second-order valence-corrected chi connectivity index (χ2v) is 8.55. The molecule has 0 saturated carbocycles. The molecule has 1 aromatic carbocycles. The molecule has 0 bridgehead atoms. The Bertz CT molecular complexity index is 1160. The number of anilines is 1. The molecule has 0 radical (unpaired) electrons. The molecule has 30 heavy (non-hydrogen) atoms. The number of nitrogens with one attached hydrogen (secondary N) is 1. The number of nitrogen functional groups attached to an aromatic ring is 1. The summed E-state index contributed by atoms with van der Waals surface area (Å²) in [6.45, 7) is 1.48. The summed E-state index contributed by atoms with van der Waals surface area (Å²) in [5.74, 6) is -1.23. The molecule has 3 rings (SSSR count). The smallest absolute Gasteiger partial charge is 0.435 e. The fraction of sp³-hybridized carbons (Fsp3) is 0.118. The lowest BCUT2D eigenvalue weighted by atomic mass is 10.1. The van der Waals surface area contributed by atoms with Gasteiger partial charge in [0.15, 0.2) is 10.8 Å². The van der Waals surface area contributed by atoms with Crippen molar-refractivity contribution in [3.63, 3.8) is 0 Å². The maximum Gasteiger partial charge on any atom is 0.435 e. The van der Waals surface area contributed by atoms with Crippen LogP contribution in [0.5, 0.6) is 5.75 Å². The Morgan fingerprint density at radius 2 is 2.00 bits per heavy atom. The van der Waals surface area contributed by atoms with Gasteiger partial charge in [-0.3, -0.25) is 4.79 Å². The minimum Gasteiger partial charge on any atom is -0.506 e. The first kappa shape index (κ1) is 22.3. The molecule has 2 heterocycles. The number of hydrazone groups is 1. The molecule has 13 heteroatoms. The molecule has 6 nitrogen and oxygen atoms in total. The van der Waals surface area contributed by atoms with Gasteiger partial charge >= 0.3 is 6.18 Å². The van der Waals surface area contributed by atoms with Crippen LogP contribution in [0, 0.1) is 0 Å². The summed E-state index contributed by atoms with van der Waals surface area (Å²) < 4.78 is 38.9. The summed E-state index contributed by atoms with van der Waals surface area (Å²) in [5.41, 5.74) is 7.04. The van der Waals surface area contributed by atoms with E-state index in [4.69, 9.17) is 28.9 Å². The standard InChI is InChI=1S/C17H11Cl2F3N4O2S2/c1-6(25-26-15(28)13-14(17(20,21)22)24-16(23)30-13)8-5-29-12(11(8)27)7-2-3-9(18)10(19)4-7/h2-5,27H,1H3,(H2,23,24)(H,26,28)/b25-6+. The molecule has 0 saturated heterocycles. The average molecular weight is 495 g/mol. The number of carbonyl (C=O) groups excluding carboxylic acids is 1. The molecule has 0 spiro atoms. The summed E-state index contributed by atoms with van der Waals surface area (Å²) in [4.78, 5) is 15.1. The number of rotatable bonds is 4. The van der Waals surface area contributed by atoms with Crippen molar-refractivity contribution in [2.45, 2.75) is 13.1 Å². The number of nitrogens with two attached hydrogens (primary N) is 1. The van der Waals surface area contributed by atoms with Gasteiger partial charge in [-0.15, -0.1) is 11.3 Å². The Balaban J connectivity index is 1.84. The zero-order valence-corrected chi connectivity index (χ0v) is 18.0. The van der Waals surface area contributed by atoms with Gasteiger partial charge in [-0.05, 0) is 24.6 Å². The van der Waals surface area contributed by atoms with Crippen molar-refractivity contribution < 1.29 is 23.1 Å². The van der Waals surface area contributed by atoms with E-state index in [2.05, 4.69) is 10.1 Å². The van der Waals surface area contributed by atoms with Crippen LogP contribution in [0.15, 0.2) is 28.7 Å². The lowest BCUT2D eigenvalue weighted by Crippen LogP contribution is -2.22. The molecule has 0 atom stereocenters. The molecule has 4 N–H and O–H groups in total. The number of alkyl halides is 3. The maximum absolute atomic E-state index is 13.0. The Hall–Kier alpha value is -2.34. The molecular formula is C17H11Cl2F3N4O2S2. The number of aromatic hydroxyl groups is 1. The minimum absolute atomic E-state index is 0.119. The van der Waals surface area contributed by atoms with E-state index in [1.807, 2.05) is 5.43 Å². The van der Waals surface area contributed by atoms with Crippen molar-refractivity contribution in [2.24, 2.45) is 5.10 Å². The first-order chi connectivity index (χ1) is 14.0. The third-order valence-corrected chi connectivity index (χ3v) is 6.42. The van der Waals surface area contributed by atoms with Crippen molar-refractivity contribution >= 4 is 62.6 Å². The normalized spacial score (nSPS) is 12.3. The van der Waals surface area contributed by atoms with Gasteiger partial charge in [-0.25, -0.2) is 10.4 Å². The quantitative estimate of drug-likeness (QED) is 0.322. The third-order valence-electron chi connectivity index (χ3n) is 3.78. The number of hydrogen-bond donors (Lipinski definition) is 3. The molecule has 0 aliphatic heterocycles. The van der Waals surface area contributed by atoms with Gasteiger partial charge < -0.3 is 10.8 Å². The zero-order valence-electron chi connectivity index (χ0n) is 14.8. The van der Waals surface area contributed by atoms with Crippen molar-refractivity contribution in [1.29, 1.82) is 0 Å². The summed E-state index contributed by atoms with van der Waals surface area (Å²) in [6, 6.07) is 4.84. The van der Waals surface area contributed by atoms with Crippen molar-refractivity contribution in [3.8, 4) is 16.2 Å². The Labute approximate surface area is 185 Å². The van der Waals surface area contributed by atoms with E-state index in [-0.39, 0.29) is 11.5 Å². The van der Waals surface area contributed by atoms with E-state index in [1.54, 1.807) is 23.6 Å². The van der Waals surface area contributed by atoms with Gasteiger partial charge in [-0.1, -0.05) is 40.6 Å². The molecule has 0 aliphatic rings. The van der Waals surface area contributed by atoms with Crippen LogP contribution >= 0.6 is 45.9 Å². The van der Waals surface area contributed by atoms with E-state index in [0.29, 0.717) is 37.4 Å². The number of nitrogens with zero attached hydrogens (tertiary/aromatic N) is 2. The molecule has 158 valence electrons. The maximum atomic E-state index is 13.0. The number of hydrogen-bond acceptors (Lipinski definition) is 7. The van der Waals surface area contributed by atoms with Gasteiger partial charge in [0.1, 0.15) is 10.6 Å².